The van der Waals surface area contributed by atoms with Crippen molar-refractivity contribution in [1.29, 1.82) is 0 Å². The zero-order valence-electron chi connectivity index (χ0n) is 9.90. The highest BCUT2D eigenvalue weighted by Crippen LogP contribution is 2.30. The molecule has 5 heteroatoms. The van der Waals surface area contributed by atoms with E-state index in [9.17, 15) is 0 Å². The maximum atomic E-state index is 5.77. The van der Waals surface area contributed by atoms with Gasteiger partial charge in [0.05, 0.1) is 11.9 Å². The van der Waals surface area contributed by atoms with E-state index in [-0.39, 0.29) is 0 Å². The molecule has 0 saturated carbocycles. The van der Waals surface area contributed by atoms with Crippen LogP contribution >= 0.6 is 15.9 Å². The molecular weight excluding hydrogens is 306 g/mol. The molecule has 94 valence electrons. The lowest BCUT2D eigenvalue weighted by Gasteiger charge is -2.05. The molecule has 3 rings (SSSR count). The first-order chi connectivity index (χ1) is 9.34. The third-order valence-electron chi connectivity index (χ3n) is 2.56. The summed E-state index contributed by atoms with van der Waals surface area (Å²) in [4.78, 5) is 3.99. The smallest absolute Gasteiger partial charge is 0.180 e. The summed E-state index contributed by atoms with van der Waals surface area (Å²) in [5.41, 5.74) is 0.921. The van der Waals surface area contributed by atoms with Gasteiger partial charge < -0.3 is 4.74 Å². The topological polar surface area (TPSA) is 39.9 Å². The van der Waals surface area contributed by atoms with E-state index in [1.807, 2.05) is 42.5 Å². The summed E-state index contributed by atoms with van der Waals surface area (Å²) < 4.78 is 8.28. The second-order valence-corrected chi connectivity index (χ2v) is 4.58. The van der Waals surface area contributed by atoms with Crippen molar-refractivity contribution in [3.8, 4) is 17.2 Å². The van der Waals surface area contributed by atoms with E-state index in [0.717, 1.165) is 16.0 Å². The van der Waals surface area contributed by atoms with Crippen molar-refractivity contribution in [2.75, 3.05) is 0 Å². The van der Waals surface area contributed by atoms with Gasteiger partial charge in [-0.25, -0.2) is 4.68 Å². The minimum atomic E-state index is 0.669. The number of hydrogen-bond donors (Lipinski definition) is 0. The third kappa shape index (κ3) is 2.51. The van der Waals surface area contributed by atoms with Crippen LogP contribution in [0.5, 0.6) is 11.5 Å². The van der Waals surface area contributed by atoms with Crippen molar-refractivity contribution in [1.82, 2.24) is 14.8 Å². The summed E-state index contributed by atoms with van der Waals surface area (Å²) in [7, 11) is 0. The summed E-state index contributed by atoms with van der Waals surface area (Å²) in [5.74, 6) is 1.44. The number of ether oxygens (including phenoxy) is 1. The maximum absolute atomic E-state index is 5.77. The summed E-state index contributed by atoms with van der Waals surface area (Å²) in [6, 6.07) is 13.4. The van der Waals surface area contributed by atoms with Crippen molar-refractivity contribution < 1.29 is 4.74 Å². The van der Waals surface area contributed by atoms with Crippen LogP contribution in [0.4, 0.5) is 0 Å². The molecule has 0 spiro atoms. The number of hydrogen-bond acceptors (Lipinski definition) is 3. The SMILES string of the molecule is Brc1c(Oc2ccccc2)cnn1-c1ccncc1. The lowest BCUT2D eigenvalue weighted by Crippen LogP contribution is -1.96. The van der Waals surface area contributed by atoms with E-state index in [1.54, 1.807) is 23.3 Å². The molecule has 0 amide bonds. The molecule has 4 nitrogen and oxygen atoms in total. The van der Waals surface area contributed by atoms with Gasteiger partial charge in [-0.2, -0.15) is 5.10 Å². The molecule has 0 N–H and O–H groups in total. The third-order valence-corrected chi connectivity index (χ3v) is 3.28. The van der Waals surface area contributed by atoms with Gasteiger partial charge in [-0.05, 0) is 40.2 Å². The largest absolute Gasteiger partial charge is 0.453 e. The second kappa shape index (κ2) is 5.24. The lowest BCUT2D eigenvalue weighted by molar-refractivity contribution is 0.479. The molecule has 0 aliphatic rings. The summed E-state index contributed by atoms with van der Waals surface area (Å²) >= 11 is 3.50. The van der Waals surface area contributed by atoms with Crippen LogP contribution in [-0.2, 0) is 0 Å². The van der Waals surface area contributed by atoms with Crippen molar-refractivity contribution in [3.63, 3.8) is 0 Å². The first kappa shape index (κ1) is 11.9. The van der Waals surface area contributed by atoms with E-state index in [2.05, 4.69) is 26.0 Å². The van der Waals surface area contributed by atoms with Crippen molar-refractivity contribution in [3.05, 3.63) is 65.7 Å². The highest BCUT2D eigenvalue weighted by atomic mass is 79.9. The van der Waals surface area contributed by atoms with E-state index in [4.69, 9.17) is 4.74 Å². The van der Waals surface area contributed by atoms with Crippen molar-refractivity contribution >= 4 is 15.9 Å². The molecule has 0 aliphatic heterocycles. The Kier molecular flexibility index (Phi) is 3.29. The van der Waals surface area contributed by atoms with E-state index >= 15 is 0 Å². The van der Waals surface area contributed by atoms with Crippen molar-refractivity contribution in [2.24, 2.45) is 0 Å². The minimum Gasteiger partial charge on any atom is -0.453 e. The number of pyridine rings is 1. The van der Waals surface area contributed by atoms with Gasteiger partial charge in [-0.3, -0.25) is 4.98 Å². The van der Waals surface area contributed by atoms with Crippen LogP contribution in [0, 0.1) is 0 Å². The van der Waals surface area contributed by atoms with E-state index < -0.39 is 0 Å². The molecule has 2 heterocycles. The van der Waals surface area contributed by atoms with Crippen LogP contribution < -0.4 is 4.74 Å². The van der Waals surface area contributed by atoms with Crippen LogP contribution in [0.15, 0.2) is 65.7 Å². The lowest BCUT2D eigenvalue weighted by atomic mass is 10.3. The molecule has 0 fully saturated rings. The predicted molar refractivity (Wildman–Crippen MR) is 75.6 cm³/mol. The number of benzene rings is 1. The van der Waals surface area contributed by atoms with E-state index in [1.165, 1.54) is 0 Å². The highest BCUT2D eigenvalue weighted by molar-refractivity contribution is 9.10. The molecule has 0 atom stereocenters. The molecule has 3 aromatic rings. The normalized spacial score (nSPS) is 10.4. The molecule has 2 aromatic heterocycles. The fourth-order valence-corrected chi connectivity index (χ4v) is 2.15. The van der Waals surface area contributed by atoms with Gasteiger partial charge in [-0.15, -0.1) is 0 Å². The first-order valence-electron chi connectivity index (χ1n) is 5.71. The zero-order valence-corrected chi connectivity index (χ0v) is 11.5. The molecule has 0 aliphatic carbocycles. The Morgan fingerprint density at radius 3 is 2.47 bits per heavy atom. The fourth-order valence-electron chi connectivity index (χ4n) is 1.67. The first-order valence-corrected chi connectivity index (χ1v) is 6.51. The predicted octanol–water partition coefficient (Wildman–Crippen LogP) is 3.82. The molecule has 0 radical (unpaired) electrons. The van der Waals surface area contributed by atoms with Crippen LogP contribution in [0.3, 0.4) is 0 Å². The number of para-hydroxylation sites is 1. The molecule has 0 saturated heterocycles. The Hall–Kier alpha value is -2.14. The molecule has 0 unspecified atom stereocenters. The summed E-state index contributed by atoms with van der Waals surface area (Å²) in [6.07, 6.45) is 5.12. The molecule has 19 heavy (non-hydrogen) atoms. The van der Waals surface area contributed by atoms with Gasteiger partial charge in [-0.1, -0.05) is 18.2 Å². The molecule has 1 aromatic carbocycles. The fraction of sp³-hybridized carbons (Fsp3) is 0. The summed E-state index contributed by atoms with van der Waals surface area (Å²) in [5, 5.41) is 4.30. The average Bonchev–Trinajstić information content (AvgIpc) is 2.82. The average molecular weight is 316 g/mol. The molecule has 0 bridgehead atoms. The quantitative estimate of drug-likeness (QED) is 0.737. The van der Waals surface area contributed by atoms with Gasteiger partial charge in [0, 0.05) is 12.4 Å². The van der Waals surface area contributed by atoms with Gasteiger partial charge in [0.15, 0.2) is 10.4 Å². The van der Waals surface area contributed by atoms with Gasteiger partial charge in [0.1, 0.15) is 5.75 Å². The number of rotatable bonds is 3. The Morgan fingerprint density at radius 2 is 1.74 bits per heavy atom. The monoisotopic (exact) mass is 315 g/mol. The van der Waals surface area contributed by atoms with Gasteiger partial charge in [0.25, 0.3) is 0 Å². The van der Waals surface area contributed by atoms with Crippen LogP contribution in [0.25, 0.3) is 5.69 Å². The number of halogens is 1. The van der Waals surface area contributed by atoms with E-state index in [0.29, 0.717) is 5.75 Å². The van der Waals surface area contributed by atoms with Gasteiger partial charge >= 0.3 is 0 Å². The highest BCUT2D eigenvalue weighted by Gasteiger charge is 2.11. The number of nitrogens with zero attached hydrogens (tertiary/aromatic N) is 3. The second-order valence-electron chi connectivity index (χ2n) is 3.83. The van der Waals surface area contributed by atoms with Gasteiger partial charge in [0.2, 0.25) is 0 Å². The summed E-state index contributed by atoms with van der Waals surface area (Å²) in [6.45, 7) is 0. The van der Waals surface area contributed by atoms with Crippen LogP contribution in [0.2, 0.25) is 0 Å². The Balaban J connectivity index is 1.92. The van der Waals surface area contributed by atoms with Crippen molar-refractivity contribution in [2.45, 2.75) is 0 Å². The standard InChI is InChI=1S/C14H10BrN3O/c15-14-13(19-12-4-2-1-3-5-12)10-17-18(14)11-6-8-16-9-7-11/h1-10H. The molecular formula is C14H10BrN3O. The van der Waals surface area contributed by atoms with Crippen LogP contribution in [-0.4, -0.2) is 14.8 Å². The zero-order chi connectivity index (χ0) is 13.1. The Labute approximate surface area is 118 Å². The maximum Gasteiger partial charge on any atom is 0.180 e. The Morgan fingerprint density at radius 1 is 1.00 bits per heavy atom. The number of aromatic nitrogens is 3. The Bertz CT molecular complexity index is 668. The van der Waals surface area contributed by atoms with Crippen LogP contribution in [0.1, 0.15) is 0 Å². The minimum absolute atomic E-state index is 0.669.